The monoisotopic (exact) mass is 366 g/mol. The maximum Gasteiger partial charge on any atom is 0.253 e. The molecule has 0 unspecified atom stereocenters. The first-order valence-corrected chi connectivity index (χ1v) is 9.39. The average Bonchev–Trinajstić information content (AvgIpc) is 2.69. The molecule has 0 aromatic heterocycles. The number of carbonyl (C=O) groups is 1. The van der Waals surface area contributed by atoms with Crippen molar-refractivity contribution in [3.63, 3.8) is 0 Å². The summed E-state index contributed by atoms with van der Waals surface area (Å²) in [6, 6.07) is 15.9. The predicted octanol–water partition coefficient (Wildman–Crippen LogP) is 4.17. The highest BCUT2D eigenvalue weighted by Crippen LogP contribution is 2.27. The molecule has 2 aromatic rings. The number of methoxy groups -OCH3 is 1. The van der Waals surface area contributed by atoms with Crippen molar-refractivity contribution in [1.82, 2.24) is 9.80 Å². The van der Waals surface area contributed by atoms with Gasteiger partial charge in [0.1, 0.15) is 5.75 Å². The van der Waals surface area contributed by atoms with Crippen LogP contribution in [0, 0.1) is 0 Å². The lowest BCUT2D eigenvalue weighted by Crippen LogP contribution is -2.30. The molecule has 0 bridgehead atoms. The quantitative estimate of drug-likeness (QED) is 0.703. The van der Waals surface area contributed by atoms with E-state index in [1.54, 1.807) is 7.11 Å². The normalized spacial score (nSPS) is 11.6. The maximum atomic E-state index is 12.5. The van der Waals surface area contributed by atoms with Gasteiger partial charge in [-0.2, -0.15) is 0 Å². The second-order valence-electron chi connectivity index (χ2n) is 6.67. The fourth-order valence-electron chi connectivity index (χ4n) is 2.95. The summed E-state index contributed by atoms with van der Waals surface area (Å²) in [5, 5.41) is 0. The van der Waals surface area contributed by atoms with Crippen LogP contribution in [0.2, 0.25) is 0 Å². The third kappa shape index (κ3) is 5.44. The zero-order valence-corrected chi connectivity index (χ0v) is 17.0. The van der Waals surface area contributed by atoms with Crippen LogP contribution in [0.25, 0.3) is 5.57 Å². The van der Waals surface area contributed by atoms with Crippen LogP contribution in [0.1, 0.15) is 35.3 Å². The van der Waals surface area contributed by atoms with Crippen molar-refractivity contribution in [3.8, 4) is 5.75 Å². The van der Waals surface area contributed by atoms with Crippen molar-refractivity contribution in [3.05, 3.63) is 71.3 Å². The molecule has 2 aromatic carbocycles. The first kappa shape index (κ1) is 20.7. The van der Waals surface area contributed by atoms with Crippen molar-refractivity contribution >= 4 is 11.5 Å². The molecule has 144 valence electrons. The van der Waals surface area contributed by atoms with Crippen LogP contribution in [0.15, 0.2) is 54.6 Å². The molecule has 1 amide bonds. The van der Waals surface area contributed by atoms with Crippen molar-refractivity contribution in [2.75, 3.05) is 40.8 Å². The minimum absolute atomic E-state index is 0.0757. The van der Waals surface area contributed by atoms with Gasteiger partial charge in [-0.05, 0) is 68.9 Å². The molecule has 0 saturated carbocycles. The summed E-state index contributed by atoms with van der Waals surface area (Å²) >= 11 is 0. The number of rotatable bonds is 8. The highest BCUT2D eigenvalue weighted by Gasteiger charge is 2.13. The minimum Gasteiger partial charge on any atom is -0.497 e. The summed E-state index contributed by atoms with van der Waals surface area (Å²) in [7, 11) is 5.77. The van der Waals surface area contributed by atoms with E-state index in [4.69, 9.17) is 4.74 Å². The Balaban J connectivity index is 2.38. The molecule has 0 atom stereocenters. The number of likely N-dealkylation sites (N-methyl/N-ethyl adjacent to an activating group) is 1. The lowest BCUT2D eigenvalue weighted by Gasteiger charge is -2.19. The van der Waals surface area contributed by atoms with Crippen molar-refractivity contribution < 1.29 is 9.53 Å². The van der Waals surface area contributed by atoms with E-state index in [-0.39, 0.29) is 5.91 Å². The van der Waals surface area contributed by atoms with E-state index in [2.05, 4.69) is 17.0 Å². The van der Waals surface area contributed by atoms with Gasteiger partial charge in [-0.3, -0.25) is 4.79 Å². The van der Waals surface area contributed by atoms with E-state index in [9.17, 15) is 4.79 Å². The Hall–Kier alpha value is -2.59. The van der Waals surface area contributed by atoms with Gasteiger partial charge < -0.3 is 14.5 Å². The molecule has 0 aliphatic carbocycles. The lowest BCUT2D eigenvalue weighted by atomic mass is 9.96. The van der Waals surface area contributed by atoms with Crippen LogP contribution in [0.4, 0.5) is 0 Å². The largest absolute Gasteiger partial charge is 0.497 e. The van der Waals surface area contributed by atoms with Gasteiger partial charge in [0.15, 0.2) is 0 Å². The summed E-state index contributed by atoms with van der Waals surface area (Å²) in [4.78, 5) is 16.5. The van der Waals surface area contributed by atoms with E-state index in [1.165, 1.54) is 0 Å². The van der Waals surface area contributed by atoms with Crippen molar-refractivity contribution in [2.24, 2.45) is 0 Å². The number of nitrogens with zero attached hydrogens (tertiary/aromatic N) is 2. The zero-order valence-electron chi connectivity index (χ0n) is 17.0. The minimum atomic E-state index is 0.0757. The Morgan fingerprint density at radius 1 is 0.963 bits per heavy atom. The molecule has 0 heterocycles. The highest BCUT2D eigenvalue weighted by atomic mass is 16.5. The van der Waals surface area contributed by atoms with Crippen LogP contribution in [-0.4, -0.2) is 56.5 Å². The zero-order chi connectivity index (χ0) is 19.8. The first-order valence-electron chi connectivity index (χ1n) is 9.39. The number of carbonyl (C=O) groups excluding carboxylic acids is 1. The van der Waals surface area contributed by atoms with Crippen LogP contribution in [0.3, 0.4) is 0 Å². The van der Waals surface area contributed by atoms with E-state index >= 15 is 0 Å². The SMILES string of the molecule is CCN(CC)C(=O)c1ccc(/C(=C\CN(C)C)c2cccc(OC)c2)cc1. The first-order chi connectivity index (χ1) is 13.0. The number of amides is 1. The Kier molecular flexibility index (Phi) is 7.62. The standard InChI is InChI=1S/C23H30N2O2/c1-6-25(7-2)23(26)19-13-11-18(12-14-19)22(15-16-24(3)4)20-9-8-10-21(17-20)27-5/h8-15,17H,6-7,16H2,1-5H3/b22-15+. The molecular weight excluding hydrogens is 336 g/mol. The molecule has 0 radical (unpaired) electrons. The van der Waals surface area contributed by atoms with Gasteiger partial charge in [-0.25, -0.2) is 0 Å². The molecule has 0 fully saturated rings. The van der Waals surface area contributed by atoms with Gasteiger partial charge in [0.25, 0.3) is 5.91 Å². The highest BCUT2D eigenvalue weighted by molar-refractivity contribution is 5.95. The van der Waals surface area contributed by atoms with Gasteiger partial charge in [0.05, 0.1) is 7.11 Å². The molecule has 0 spiro atoms. The van der Waals surface area contributed by atoms with Crippen molar-refractivity contribution in [2.45, 2.75) is 13.8 Å². The molecule has 2 rings (SSSR count). The fraction of sp³-hybridized carbons (Fsp3) is 0.348. The summed E-state index contributed by atoms with van der Waals surface area (Å²) in [5.41, 5.74) is 4.03. The van der Waals surface area contributed by atoms with E-state index in [0.29, 0.717) is 0 Å². The van der Waals surface area contributed by atoms with Gasteiger partial charge in [-0.1, -0.05) is 30.3 Å². The molecule has 4 nitrogen and oxygen atoms in total. The van der Waals surface area contributed by atoms with Crippen LogP contribution >= 0.6 is 0 Å². The Morgan fingerprint density at radius 3 is 2.15 bits per heavy atom. The topological polar surface area (TPSA) is 32.8 Å². The summed E-state index contributed by atoms with van der Waals surface area (Å²) in [6.07, 6.45) is 2.20. The molecular formula is C23H30N2O2. The third-order valence-electron chi connectivity index (χ3n) is 4.53. The van der Waals surface area contributed by atoms with E-state index < -0.39 is 0 Å². The maximum absolute atomic E-state index is 12.5. The van der Waals surface area contributed by atoms with Gasteiger partial charge in [0, 0.05) is 25.2 Å². The molecule has 0 N–H and O–H groups in total. The molecule has 4 heteroatoms. The summed E-state index contributed by atoms with van der Waals surface area (Å²) in [6.45, 7) is 6.26. The molecule has 0 saturated heterocycles. The summed E-state index contributed by atoms with van der Waals surface area (Å²) < 4.78 is 5.38. The van der Waals surface area contributed by atoms with Gasteiger partial charge in [0.2, 0.25) is 0 Å². The smallest absolute Gasteiger partial charge is 0.253 e. The van der Waals surface area contributed by atoms with Gasteiger partial charge in [-0.15, -0.1) is 0 Å². The number of ether oxygens (including phenoxy) is 1. The van der Waals surface area contributed by atoms with E-state index in [0.717, 1.165) is 47.6 Å². The Morgan fingerprint density at radius 2 is 1.59 bits per heavy atom. The second kappa shape index (κ2) is 9.93. The fourth-order valence-corrected chi connectivity index (χ4v) is 2.95. The molecule has 27 heavy (non-hydrogen) atoms. The Labute approximate surface area is 163 Å². The van der Waals surface area contributed by atoms with Crippen molar-refractivity contribution in [1.29, 1.82) is 0 Å². The molecule has 0 aliphatic heterocycles. The lowest BCUT2D eigenvalue weighted by molar-refractivity contribution is 0.0773. The number of hydrogen-bond donors (Lipinski definition) is 0. The average molecular weight is 367 g/mol. The van der Waals surface area contributed by atoms with Crippen LogP contribution in [0.5, 0.6) is 5.75 Å². The van der Waals surface area contributed by atoms with Crippen LogP contribution in [-0.2, 0) is 0 Å². The summed E-state index contributed by atoms with van der Waals surface area (Å²) in [5.74, 6) is 0.906. The number of benzene rings is 2. The van der Waals surface area contributed by atoms with E-state index in [1.807, 2.05) is 75.3 Å². The predicted molar refractivity (Wildman–Crippen MR) is 112 cm³/mol. The van der Waals surface area contributed by atoms with Gasteiger partial charge >= 0.3 is 0 Å². The number of hydrogen-bond acceptors (Lipinski definition) is 3. The van der Waals surface area contributed by atoms with Crippen LogP contribution < -0.4 is 4.74 Å². The molecule has 0 aliphatic rings. The third-order valence-corrected chi connectivity index (χ3v) is 4.53. The second-order valence-corrected chi connectivity index (χ2v) is 6.67. The Bertz CT molecular complexity index is 775.